The summed E-state index contributed by atoms with van der Waals surface area (Å²) in [6.45, 7) is 2.79. The van der Waals surface area contributed by atoms with Gasteiger partial charge >= 0.3 is 0 Å². The highest BCUT2D eigenvalue weighted by atomic mass is 16.5. The van der Waals surface area contributed by atoms with E-state index in [0.29, 0.717) is 42.3 Å². The van der Waals surface area contributed by atoms with Crippen LogP contribution in [0.1, 0.15) is 15.9 Å². The van der Waals surface area contributed by atoms with Gasteiger partial charge in [0.2, 0.25) is 5.91 Å². The van der Waals surface area contributed by atoms with E-state index in [-0.39, 0.29) is 18.4 Å². The Labute approximate surface area is 223 Å². The molecule has 10 nitrogen and oxygen atoms in total. The normalized spacial score (nSPS) is 14.6. The molecule has 0 spiro atoms. The van der Waals surface area contributed by atoms with Crippen LogP contribution < -0.4 is 20.1 Å². The van der Waals surface area contributed by atoms with Crippen molar-refractivity contribution < 1.29 is 19.1 Å². The van der Waals surface area contributed by atoms with E-state index < -0.39 is 5.92 Å². The van der Waals surface area contributed by atoms with Crippen molar-refractivity contribution >= 4 is 17.5 Å². The lowest BCUT2D eigenvalue weighted by Gasteiger charge is -2.25. The summed E-state index contributed by atoms with van der Waals surface area (Å²) < 4.78 is 11.9. The lowest BCUT2D eigenvalue weighted by Crippen LogP contribution is -2.33. The maximum Gasteiger partial charge on any atom is 0.251 e. The molecule has 0 aliphatic carbocycles. The van der Waals surface area contributed by atoms with Gasteiger partial charge in [0.15, 0.2) is 0 Å². The molecule has 3 N–H and O–H groups in total. The van der Waals surface area contributed by atoms with Gasteiger partial charge < -0.3 is 29.9 Å². The molecule has 0 saturated heterocycles. The Morgan fingerprint density at radius 3 is 2.63 bits per heavy atom. The van der Waals surface area contributed by atoms with Gasteiger partial charge in [0.25, 0.3) is 5.91 Å². The predicted octanol–water partition coefficient (Wildman–Crippen LogP) is 2.50. The number of nitrogens with one attached hydrogen (secondary N) is 3. The smallest absolute Gasteiger partial charge is 0.251 e. The van der Waals surface area contributed by atoms with Crippen LogP contribution >= 0.6 is 0 Å². The standard InChI is InChI=1S/C28H36N6O4/c1-33(2)10-9-29-27(35)20-6-8-25-21(13-20)14-22(18-38-25)28(36)32-24-7-5-19(23-16-30-31-17-23)15-26(24)37-12-11-34(3)4/h5-8,13,15-17,22H,9-12,14,18H2,1-4H3,(H,29,35)(H,30,31)(H,32,36). The average Bonchev–Trinajstić information content (AvgIpc) is 3.43. The average molecular weight is 521 g/mol. The summed E-state index contributed by atoms with van der Waals surface area (Å²) in [5, 5.41) is 12.8. The fraction of sp³-hybridized carbons (Fsp3) is 0.393. The molecule has 202 valence electrons. The minimum atomic E-state index is -0.405. The zero-order valence-corrected chi connectivity index (χ0v) is 22.4. The Kier molecular flexibility index (Phi) is 8.98. The van der Waals surface area contributed by atoms with Crippen molar-refractivity contribution in [1.82, 2.24) is 25.3 Å². The number of hydrogen-bond donors (Lipinski definition) is 3. The van der Waals surface area contributed by atoms with Crippen LogP contribution in [0.25, 0.3) is 11.1 Å². The van der Waals surface area contributed by atoms with Gasteiger partial charge in [-0.1, -0.05) is 6.07 Å². The molecule has 10 heteroatoms. The molecule has 2 heterocycles. The van der Waals surface area contributed by atoms with Crippen LogP contribution in [0.2, 0.25) is 0 Å². The highest BCUT2D eigenvalue weighted by molar-refractivity contribution is 5.96. The van der Waals surface area contributed by atoms with Crippen LogP contribution in [0.3, 0.4) is 0 Å². The molecule has 1 aliphatic rings. The Balaban J connectivity index is 1.45. The molecule has 4 rings (SSSR count). The van der Waals surface area contributed by atoms with Crippen molar-refractivity contribution in [1.29, 1.82) is 0 Å². The van der Waals surface area contributed by atoms with Crippen LogP contribution in [0.4, 0.5) is 5.69 Å². The molecule has 2 amide bonds. The number of benzene rings is 2. The number of likely N-dealkylation sites (N-methyl/N-ethyl adjacent to an activating group) is 2. The number of rotatable bonds is 11. The monoisotopic (exact) mass is 520 g/mol. The minimum Gasteiger partial charge on any atom is -0.492 e. The van der Waals surface area contributed by atoms with Crippen molar-refractivity contribution in [2.24, 2.45) is 5.92 Å². The van der Waals surface area contributed by atoms with Crippen LogP contribution in [-0.4, -0.2) is 92.9 Å². The largest absolute Gasteiger partial charge is 0.492 e. The Bertz CT molecular complexity index is 1240. The van der Waals surface area contributed by atoms with Crippen molar-refractivity contribution in [3.8, 4) is 22.6 Å². The fourth-order valence-electron chi connectivity index (χ4n) is 4.11. The summed E-state index contributed by atoms with van der Waals surface area (Å²) in [4.78, 5) is 29.9. The highest BCUT2D eigenvalue weighted by Crippen LogP contribution is 2.33. The molecule has 0 saturated carbocycles. The number of amides is 2. The third-order valence-corrected chi connectivity index (χ3v) is 6.31. The van der Waals surface area contributed by atoms with Gasteiger partial charge in [-0.15, -0.1) is 0 Å². The van der Waals surface area contributed by atoms with Gasteiger partial charge in [0.05, 0.1) is 17.8 Å². The van der Waals surface area contributed by atoms with Gasteiger partial charge in [-0.05, 0) is 76.1 Å². The first-order valence-corrected chi connectivity index (χ1v) is 12.7. The summed E-state index contributed by atoms with van der Waals surface area (Å²) in [6, 6.07) is 11.0. The van der Waals surface area contributed by atoms with Gasteiger partial charge in [-0.2, -0.15) is 5.10 Å². The predicted molar refractivity (Wildman–Crippen MR) is 147 cm³/mol. The molecule has 1 atom stereocenters. The van der Waals surface area contributed by atoms with Crippen molar-refractivity contribution in [2.75, 3.05) is 66.4 Å². The summed E-state index contributed by atoms with van der Waals surface area (Å²) in [5.41, 5.74) is 3.86. The number of aromatic nitrogens is 2. The Morgan fingerprint density at radius 2 is 1.89 bits per heavy atom. The summed E-state index contributed by atoms with van der Waals surface area (Å²) >= 11 is 0. The van der Waals surface area contributed by atoms with E-state index in [4.69, 9.17) is 9.47 Å². The molecule has 1 unspecified atom stereocenters. The molecule has 3 aromatic rings. The Hall–Kier alpha value is -3.89. The van der Waals surface area contributed by atoms with Gasteiger partial charge in [0, 0.05) is 37.0 Å². The summed E-state index contributed by atoms with van der Waals surface area (Å²) in [7, 11) is 7.88. The van der Waals surface area contributed by atoms with Crippen LogP contribution in [0, 0.1) is 5.92 Å². The zero-order chi connectivity index (χ0) is 27.1. The second-order valence-electron chi connectivity index (χ2n) is 9.93. The van der Waals surface area contributed by atoms with Gasteiger partial charge in [-0.25, -0.2) is 0 Å². The van der Waals surface area contributed by atoms with Crippen molar-refractivity contribution in [2.45, 2.75) is 6.42 Å². The lowest BCUT2D eigenvalue weighted by molar-refractivity contribution is -0.121. The summed E-state index contributed by atoms with van der Waals surface area (Å²) in [5.74, 6) is 0.588. The van der Waals surface area contributed by atoms with E-state index in [9.17, 15) is 9.59 Å². The van der Waals surface area contributed by atoms with E-state index in [1.807, 2.05) is 68.5 Å². The van der Waals surface area contributed by atoms with E-state index in [2.05, 4.69) is 20.8 Å². The number of anilines is 1. The first-order valence-electron chi connectivity index (χ1n) is 12.7. The van der Waals surface area contributed by atoms with Crippen molar-refractivity contribution in [3.05, 3.63) is 59.9 Å². The first kappa shape index (κ1) is 27.2. The number of hydrogen-bond acceptors (Lipinski definition) is 7. The first-order chi connectivity index (χ1) is 18.3. The van der Waals surface area contributed by atoms with Crippen LogP contribution in [0.5, 0.6) is 11.5 Å². The minimum absolute atomic E-state index is 0.140. The highest BCUT2D eigenvalue weighted by Gasteiger charge is 2.27. The maximum atomic E-state index is 13.3. The fourth-order valence-corrected chi connectivity index (χ4v) is 4.11. The number of fused-ring (bicyclic) bond motifs is 1. The number of carbonyl (C=O) groups is 2. The van der Waals surface area contributed by atoms with E-state index in [0.717, 1.165) is 29.8 Å². The third kappa shape index (κ3) is 7.11. The molecule has 2 aromatic carbocycles. The number of nitrogens with zero attached hydrogens (tertiary/aromatic N) is 3. The number of carbonyl (C=O) groups excluding carboxylic acids is 2. The van der Waals surface area contributed by atoms with Gasteiger partial charge in [0.1, 0.15) is 24.7 Å². The molecular formula is C28H36N6O4. The molecule has 1 aliphatic heterocycles. The van der Waals surface area contributed by atoms with E-state index in [1.54, 1.807) is 18.3 Å². The molecule has 1 aromatic heterocycles. The quantitative estimate of drug-likeness (QED) is 0.356. The Morgan fingerprint density at radius 1 is 1.08 bits per heavy atom. The second kappa shape index (κ2) is 12.6. The van der Waals surface area contributed by atoms with E-state index in [1.165, 1.54) is 0 Å². The molecule has 38 heavy (non-hydrogen) atoms. The molecule has 0 fully saturated rings. The van der Waals surface area contributed by atoms with Gasteiger partial charge in [-0.3, -0.25) is 14.7 Å². The van der Waals surface area contributed by atoms with Crippen LogP contribution in [-0.2, 0) is 11.2 Å². The number of aromatic amines is 1. The SMILES string of the molecule is CN(C)CCNC(=O)c1ccc2c(c1)CC(C(=O)Nc1ccc(-c3cn[nH]c3)cc1OCCN(C)C)CO2. The lowest BCUT2D eigenvalue weighted by atomic mass is 9.94. The third-order valence-electron chi connectivity index (χ3n) is 6.31. The molecule has 0 radical (unpaired) electrons. The zero-order valence-electron chi connectivity index (χ0n) is 22.4. The maximum absolute atomic E-state index is 13.3. The molecule has 0 bridgehead atoms. The summed E-state index contributed by atoms with van der Waals surface area (Å²) in [6.07, 6.45) is 4.03. The number of ether oxygens (including phenoxy) is 2. The second-order valence-corrected chi connectivity index (χ2v) is 9.93. The van der Waals surface area contributed by atoms with E-state index >= 15 is 0 Å². The number of H-pyrrole nitrogens is 1. The van der Waals surface area contributed by atoms with Crippen molar-refractivity contribution in [3.63, 3.8) is 0 Å². The topological polar surface area (TPSA) is 112 Å². The molecular weight excluding hydrogens is 484 g/mol. The van der Waals surface area contributed by atoms with Crippen LogP contribution in [0.15, 0.2) is 48.8 Å².